The number of ether oxygens (including phenoxy) is 2. The quantitative estimate of drug-likeness (QED) is 0.840. The van der Waals surface area contributed by atoms with Gasteiger partial charge in [0.2, 0.25) is 0 Å². The highest BCUT2D eigenvalue weighted by Crippen LogP contribution is 2.29. The number of benzene rings is 1. The molecule has 1 aliphatic rings. The number of amides is 1. The fraction of sp³-hybridized carbons (Fsp3) is 0.562. The summed E-state index contributed by atoms with van der Waals surface area (Å²) in [6.45, 7) is 1.91. The summed E-state index contributed by atoms with van der Waals surface area (Å²) in [6.07, 6.45) is 4.22. The van der Waals surface area contributed by atoms with Crippen molar-refractivity contribution in [1.82, 2.24) is 0 Å². The maximum Gasteiger partial charge on any atom is 0.258 e. The second kappa shape index (κ2) is 6.80. The van der Waals surface area contributed by atoms with Crippen LogP contribution in [0.5, 0.6) is 11.5 Å². The molecule has 1 aromatic rings. The van der Waals surface area contributed by atoms with Crippen LogP contribution in [0.2, 0.25) is 0 Å². The monoisotopic (exact) mass is 293 g/mol. The summed E-state index contributed by atoms with van der Waals surface area (Å²) in [5, 5.41) is 10.4. The first kappa shape index (κ1) is 15.6. The molecule has 5 heteroatoms. The molecule has 0 aliphatic heterocycles. The summed E-state index contributed by atoms with van der Waals surface area (Å²) in [5.74, 6) is 0.730. The van der Waals surface area contributed by atoms with Gasteiger partial charge in [-0.25, -0.2) is 0 Å². The molecule has 0 radical (unpaired) electrons. The summed E-state index contributed by atoms with van der Waals surface area (Å²) in [6, 6.07) is 6.96. The van der Waals surface area contributed by atoms with Crippen molar-refractivity contribution in [2.75, 3.05) is 6.61 Å². The Hall–Kier alpha value is -1.75. The number of hydrogen-bond donors (Lipinski definition) is 2. The van der Waals surface area contributed by atoms with E-state index in [-0.39, 0.29) is 0 Å². The molecule has 1 aliphatic carbocycles. The molecule has 0 aromatic heterocycles. The Morgan fingerprint density at radius 2 is 1.81 bits per heavy atom. The SMILES string of the molecule is CC(Oc1ccc(OCC2(O)CCCCC2)cc1)C(N)=O. The molecule has 21 heavy (non-hydrogen) atoms. The number of rotatable bonds is 6. The van der Waals surface area contributed by atoms with E-state index in [1.807, 2.05) is 0 Å². The van der Waals surface area contributed by atoms with Gasteiger partial charge in [-0.3, -0.25) is 4.79 Å². The molecule has 1 unspecified atom stereocenters. The van der Waals surface area contributed by atoms with E-state index < -0.39 is 17.6 Å². The molecule has 0 spiro atoms. The van der Waals surface area contributed by atoms with Crippen LogP contribution >= 0.6 is 0 Å². The Balaban J connectivity index is 1.86. The van der Waals surface area contributed by atoms with Gasteiger partial charge in [0.25, 0.3) is 5.91 Å². The molecule has 5 nitrogen and oxygen atoms in total. The van der Waals surface area contributed by atoms with Gasteiger partial charge in [-0.2, -0.15) is 0 Å². The van der Waals surface area contributed by atoms with E-state index in [0.717, 1.165) is 25.7 Å². The Bertz CT molecular complexity index is 466. The van der Waals surface area contributed by atoms with Gasteiger partial charge in [-0.05, 0) is 44.0 Å². The number of nitrogens with two attached hydrogens (primary N) is 1. The summed E-state index contributed by atoms with van der Waals surface area (Å²) in [7, 11) is 0. The van der Waals surface area contributed by atoms with Crippen molar-refractivity contribution in [1.29, 1.82) is 0 Å². The maximum absolute atomic E-state index is 10.9. The summed E-state index contributed by atoms with van der Waals surface area (Å²) in [5.41, 5.74) is 4.44. The van der Waals surface area contributed by atoms with E-state index in [1.165, 1.54) is 6.42 Å². The fourth-order valence-electron chi connectivity index (χ4n) is 2.45. The molecule has 1 aromatic carbocycles. The lowest BCUT2D eigenvalue weighted by Gasteiger charge is -2.31. The van der Waals surface area contributed by atoms with Crippen LogP contribution in [0.25, 0.3) is 0 Å². The van der Waals surface area contributed by atoms with Gasteiger partial charge >= 0.3 is 0 Å². The van der Waals surface area contributed by atoms with E-state index in [0.29, 0.717) is 18.1 Å². The molecular weight excluding hydrogens is 270 g/mol. The van der Waals surface area contributed by atoms with Crippen molar-refractivity contribution >= 4 is 5.91 Å². The predicted molar refractivity (Wildman–Crippen MR) is 79.3 cm³/mol. The average molecular weight is 293 g/mol. The van der Waals surface area contributed by atoms with Crippen LogP contribution in [0.1, 0.15) is 39.0 Å². The normalized spacial score (nSPS) is 18.8. The van der Waals surface area contributed by atoms with E-state index in [2.05, 4.69) is 0 Å². The van der Waals surface area contributed by atoms with Crippen molar-refractivity contribution in [2.24, 2.45) is 5.73 Å². The van der Waals surface area contributed by atoms with Gasteiger partial charge in [-0.15, -0.1) is 0 Å². The molecule has 1 saturated carbocycles. The summed E-state index contributed by atoms with van der Waals surface area (Å²) in [4.78, 5) is 10.9. The molecule has 0 bridgehead atoms. The third kappa shape index (κ3) is 4.63. The van der Waals surface area contributed by atoms with Crippen LogP contribution in [0.4, 0.5) is 0 Å². The lowest BCUT2D eigenvalue weighted by molar-refractivity contribution is -0.123. The zero-order chi connectivity index (χ0) is 15.3. The molecular formula is C16H23NO4. The standard InChI is InChI=1S/C16H23NO4/c1-12(15(17)18)21-14-7-5-13(6-8-14)20-11-16(19)9-3-2-4-10-16/h5-8,12,19H,2-4,9-11H2,1H3,(H2,17,18). The molecule has 1 fully saturated rings. The second-order valence-electron chi connectivity index (χ2n) is 5.71. The number of hydrogen-bond acceptors (Lipinski definition) is 4. The average Bonchev–Trinajstić information content (AvgIpc) is 2.47. The van der Waals surface area contributed by atoms with Crippen molar-refractivity contribution in [2.45, 2.75) is 50.7 Å². The minimum absolute atomic E-state index is 0.310. The number of carbonyl (C=O) groups excluding carboxylic acids is 1. The van der Waals surface area contributed by atoms with Gasteiger partial charge in [0, 0.05) is 0 Å². The number of aliphatic hydroxyl groups is 1. The number of primary amides is 1. The van der Waals surface area contributed by atoms with Gasteiger partial charge in [-0.1, -0.05) is 19.3 Å². The third-order valence-electron chi connectivity index (χ3n) is 3.83. The molecule has 116 valence electrons. The summed E-state index contributed by atoms with van der Waals surface area (Å²) < 4.78 is 11.0. The van der Waals surface area contributed by atoms with Crippen LogP contribution in [0.3, 0.4) is 0 Å². The predicted octanol–water partition coefficient (Wildman–Crippen LogP) is 2.01. The zero-order valence-electron chi connectivity index (χ0n) is 12.4. The van der Waals surface area contributed by atoms with Gasteiger partial charge in [0.05, 0.1) is 5.60 Å². The molecule has 0 heterocycles. The van der Waals surface area contributed by atoms with Crippen molar-refractivity contribution in [3.05, 3.63) is 24.3 Å². The van der Waals surface area contributed by atoms with E-state index in [9.17, 15) is 9.90 Å². The highest BCUT2D eigenvalue weighted by molar-refractivity contribution is 5.78. The van der Waals surface area contributed by atoms with E-state index in [4.69, 9.17) is 15.2 Å². The van der Waals surface area contributed by atoms with Gasteiger partial charge in [0.15, 0.2) is 6.10 Å². The highest BCUT2D eigenvalue weighted by Gasteiger charge is 2.29. The van der Waals surface area contributed by atoms with Gasteiger partial charge < -0.3 is 20.3 Å². The van der Waals surface area contributed by atoms with E-state index >= 15 is 0 Å². The summed E-state index contributed by atoms with van der Waals surface area (Å²) >= 11 is 0. The minimum Gasteiger partial charge on any atom is -0.491 e. The molecule has 1 amide bonds. The fourth-order valence-corrected chi connectivity index (χ4v) is 2.45. The minimum atomic E-state index is -0.700. The van der Waals surface area contributed by atoms with Crippen molar-refractivity contribution in [3.8, 4) is 11.5 Å². The highest BCUT2D eigenvalue weighted by atomic mass is 16.5. The van der Waals surface area contributed by atoms with Crippen molar-refractivity contribution in [3.63, 3.8) is 0 Å². The van der Waals surface area contributed by atoms with Crippen molar-refractivity contribution < 1.29 is 19.4 Å². The Kier molecular flexibility index (Phi) is 5.07. The topological polar surface area (TPSA) is 81.8 Å². The second-order valence-corrected chi connectivity index (χ2v) is 5.71. The maximum atomic E-state index is 10.9. The Morgan fingerprint density at radius 1 is 1.24 bits per heavy atom. The third-order valence-corrected chi connectivity index (χ3v) is 3.83. The Labute approximate surface area is 125 Å². The van der Waals surface area contributed by atoms with Crippen LogP contribution < -0.4 is 15.2 Å². The van der Waals surface area contributed by atoms with Crippen LogP contribution in [-0.2, 0) is 4.79 Å². The largest absolute Gasteiger partial charge is 0.491 e. The first-order valence-corrected chi connectivity index (χ1v) is 7.40. The Morgan fingerprint density at radius 3 is 2.38 bits per heavy atom. The first-order valence-electron chi connectivity index (χ1n) is 7.40. The smallest absolute Gasteiger partial charge is 0.258 e. The lowest BCUT2D eigenvalue weighted by atomic mass is 9.85. The first-order chi connectivity index (χ1) is 9.98. The number of carbonyl (C=O) groups is 1. The van der Waals surface area contributed by atoms with Gasteiger partial charge in [0.1, 0.15) is 18.1 Å². The van der Waals surface area contributed by atoms with Crippen LogP contribution in [0.15, 0.2) is 24.3 Å². The van der Waals surface area contributed by atoms with E-state index in [1.54, 1.807) is 31.2 Å². The van der Waals surface area contributed by atoms with Crippen LogP contribution in [-0.4, -0.2) is 29.3 Å². The molecule has 0 saturated heterocycles. The molecule has 1 atom stereocenters. The van der Waals surface area contributed by atoms with Crippen LogP contribution in [0, 0.1) is 0 Å². The molecule has 2 rings (SSSR count). The lowest BCUT2D eigenvalue weighted by Crippen LogP contribution is -2.37. The zero-order valence-corrected chi connectivity index (χ0v) is 12.4. The molecule has 3 N–H and O–H groups in total.